The van der Waals surface area contributed by atoms with Crippen molar-refractivity contribution < 1.29 is 4.79 Å². The first-order valence-electron chi connectivity index (χ1n) is 9.31. The Morgan fingerprint density at radius 1 is 1.17 bits per heavy atom. The maximum Gasteiger partial charge on any atom is 0.267 e. The molecule has 1 N–H and O–H groups in total. The monoisotopic (exact) mass is 457 g/mol. The zero-order valence-electron chi connectivity index (χ0n) is 16.6. The van der Waals surface area contributed by atoms with E-state index in [1.165, 1.54) is 34.4 Å². The van der Waals surface area contributed by atoms with Crippen LogP contribution >= 0.6 is 34.4 Å². The normalized spacial score (nSPS) is 11.2. The average Bonchev–Trinajstić information content (AvgIpc) is 3.31. The number of carbonyl (C=O) groups is 1. The highest BCUT2D eigenvalue weighted by atomic mass is 32.2. The molecule has 4 aromatic rings. The van der Waals surface area contributed by atoms with E-state index in [0.717, 1.165) is 27.6 Å². The van der Waals surface area contributed by atoms with Crippen LogP contribution in [0.5, 0.6) is 0 Å². The number of aryl methyl sites for hydroxylation is 3. The largest absolute Gasteiger partial charge is 0.300 e. The lowest BCUT2D eigenvalue weighted by Gasteiger charge is -2.12. The van der Waals surface area contributed by atoms with E-state index in [-0.39, 0.29) is 17.2 Å². The summed E-state index contributed by atoms with van der Waals surface area (Å²) in [5.41, 5.74) is 1.56. The molecule has 0 saturated carbocycles. The van der Waals surface area contributed by atoms with Crippen LogP contribution in [0.25, 0.3) is 15.9 Å². The van der Waals surface area contributed by atoms with E-state index in [0.29, 0.717) is 20.5 Å². The van der Waals surface area contributed by atoms with E-state index in [1.807, 2.05) is 51.1 Å². The van der Waals surface area contributed by atoms with Gasteiger partial charge in [0.15, 0.2) is 5.16 Å². The summed E-state index contributed by atoms with van der Waals surface area (Å²) in [4.78, 5) is 32.3. The molecule has 3 aromatic heterocycles. The minimum absolute atomic E-state index is 0.106. The van der Waals surface area contributed by atoms with E-state index in [2.05, 4.69) is 15.5 Å². The highest BCUT2D eigenvalue weighted by molar-refractivity contribution is 7.99. The zero-order valence-corrected chi connectivity index (χ0v) is 19.1. The first kappa shape index (κ1) is 20.7. The third-order valence-corrected chi connectivity index (χ3v) is 7.56. The number of carbonyl (C=O) groups excluding carboxylic acids is 1. The summed E-state index contributed by atoms with van der Waals surface area (Å²) in [5, 5.41) is 13.2. The van der Waals surface area contributed by atoms with Crippen LogP contribution in [0.4, 0.5) is 5.13 Å². The van der Waals surface area contributed by atoms with E-state index in [4.69, 9.17) is 4.98 Å². The number of fused-ring (bicyclic) bond motifs is 1. The van der Waals surface area contributed by atoms with E-state index in [1.54, 1.807) is 4.57 Å². The molecule has 3 heterocycles. The number of thioether (sulfide) groups is 1. The van der Waals surface area contributed by atoms with Crippen LogP contribution in [0.15, 0.2) is 40.3 Å². The number of thiophene rings is 1. The number of aromatic nitrogens is 4. The lowest BCUT2D eigenvalue weighted by atomic mass is 10.2. The molecule has 4 rings (SSSR count). The second kappa shape index (κ2) is 8.66. The summed E-state index contributed by atoms with van der Waals surface area (Å²) in [6.45, 7) is 5.92. The maximum absolute atomic E-state index is 13.4. The van der Waals surface area contributed by atoms with Crippen LogP contribution in [0.1, 0.15) is 22.4 Å². The summed E-state index contributed by atoms with van der Waals surface area (Å²) in [5.74, 6) is -0.110. The topological polar surface area (TPSA) is 89.8 Å². The summed E-state index contributed by atoms with van der Waals surface area (Å²) in [6.07, 6.45) is 0.773. The van der Waals surface area contributed by atoms with Crippen molar-refractivity contribution in [3.8, 4) is 5.69 Å². The Balaban J connectivity index is 1.67. The molecule has 7 nitrogen and oxygen atoms in total. The fraction of sp³-hybridized carbons (Fsp3) is 0.250. The molecule has 10 heteroatoms. The quantitative estimate of drug-likeness (QED) is 0.345. The fourth-order valence-corrected chi connectivity index (χ4v) is 5.49. The number of rotatable bonds is 6. The second-order valence-corrected chi connectivity index (χ2v) is 9.73. The third kappa shape index (κ3) is 4.03. The average molecular weight is 458 g/mol. The summed E-state index contributed by atoms with van der Waals surface area (Å²) in [6, 6.07) is 9.37. The molecule has 0 aliphatic heterocycles. The molecule has 0 aliphatic rings. The number of para-hydroxylation sites is 1. The van der Waals surface area contributed by atoms with Crippen LogP contribution in [-0.2, 0) is 11.2 Å². The first-order valence-corrected chi connectivity index (χ1v) is 11.9. The Bertz CT molecular complexity index is 1280. The van der Waals surface area contributed by atoms with Gasteiger partial charge in [0.2, 0.25) is 11.0 Å². The van der Waals surface area contributed by atoms with Crippen LogP contribution in [0.2, 0.25) is 0 Å². The molecule has 0 fully saturated rings. The first-order chi connectivity index (χ1) is 14.5. The van der Waals surface area contributed by atoms with Crippen molar-refractivity contribution in [2.75, 3.05) is 11.1 Å². The Morgan fingerprint density at radius 2 is 1.93 bits per heavy atom. The van der Waals surface area contributed by atoms with Gasteiger partial charge in [-0.2, -0.15) is 0 Å². The maximum atomic E-state index is 13.4. The fourth-order valence-electron chi connectivity index (χ4n) is 2.91. The Hall–Kier alpha value is -2.56. The SMILES string of the molecule is CCc1nnc(NC(=O)CSc2nc3sc(C)c(C)c3c(=O)n2-c2ccccc2)s1. The standard InChI is InChI=1S/C20H19N5O2S3/c1-4-15-23-24-19(30-15)21-14(26)10-28-20-22-17-16(11(2)12(3)29-17)18(27)25(20)13-8-6-5-7-9-13/h5-9H,4,10H2,1-3H3,(H,21,24,26). The van der Waals surface area contributed by atoms with Gasteiger partial charge in [-0.3, -0.25) is 19.5 Å². The Labute approximate surface area is 185 Å². The predicted molar refractivity (Wildman–Crippen MR) is 123 cm³/mol. The molecule has 1 aromatic carbocycles. The minimum Gasteiger partial charge on any atom is -0.300 e. The van der Waals surface area contributed by atoms with Crippen molar-refractivity contribution in [1.29, 1.82) is 0 Å². The van der Waals surface area contributed by atoms with Crippen LogP contribution in [0.3, 0.4) is 0 Å². The molecule has 0 spiro atoms. The van der Waals surface area contributed by atoms with Crippen LogP contribution in [-0.4, -0.2) is 31.4 Å². The molecule has 0 atom stereocenters. The number of hydrogen-bond donors (Lipinski definition) is 1. The van der Waals surface area contributed by atoms with Gasteiger partial charge in [-0.1, -0.05) is 48.2 Å². The van der Waals surface area contributed by atoms with Gasteiger partial charge >= 0.3 is 0 Å². The Morgan fingerprint density at radius 3 is 2.63 bits per heavy atom. The van der Waals surface area contributed by atoms with Gasteiger partial charge in [0.1, 0.15) is 9.84 Å². The van der Waals surface area contributed by atoms with Gasteiger partial charge in [-0.25, -0.2) is 4.98 Å². The summed E-state index contributed by atoms with van der Waals surface area (Å²) in [7, 11) is 0. The lowest BCUT2D eigenvalue weighted by Crippen LogP contribution is -2.22. The number of anilines is 1. The van der Waals surface area contributed by atoms with Gasteiger partial charge < -0.3 is 0 Å². The molecule has 0 radical (unpaired) electrons. The van der Waals surface area contributed by atoms with Gasteiger partial charge in [0, 0.05) is 4.88 Å². The number of nitrogens with zero attached hydrogens (tertiary/aromatic N) is 4. The van der Waals surface area contributed by atoms with E-state index < -0.39 is 0 Å². The molecule has 30 heavy (non-hydrogen) atoms. The molecule has 0 bridgehead atoms. The second-order valence-electron chi connectivity index (χ2n) is 6.53. The van der Waals surface area contributed by atoms with Crippen molar-refractivity contribution in [3.05, 3.63) is 56.1 Å². The van der Waals surface area contributed by atoms with Crippen LogP contribution < -0.4 is 10.9 Å². The van der Waals surface area contributed by atoms with Crippen molar-refractivity contribution in [1.82, 2.24) is 19.7 Å². The number of nitrogens with one attached hydrogen (secondary N) is 1. The van der Waals surface area contributed by atoms with Gasteiger partial charge in [0.25, 0.3) is 5.56 Å². The number of hydrogen-bond acceptors (Lipinski definition) is 8. The van der Waals surface area contributed by atoms with Crippen molar-refractivity contribution in [3.63, 3.8) is 0 Å². The smallest absolute Gasteiger partial charge is 0.267 e. The molecule has 0 unspecified atom stereocenters. The van der Waals surface area contributed by atoms with Gasteiger partial charge in [-0.05, 0) is 38.0 Å². The highest BCUT2D eigenvalue weighted by Gasteiger charge is 2.19. The number of benzene rings is 1. The third-order valence-electron chi connectivity index (χ3n) is 4.53. The molecule has 0 aliphatic carbocycles. The van der Waals surface area contributed by atoms with Crippen molar-refractivity contribution in [2.45, 2.75) is 32.3 Å². The summed E-state index contributed by atoms with van der Waals surface area (Å²) < 4.78 is 1.58. The Kier molecular flexibility index (Phi) is 5.98. The highest BCUT2D eigenvalue weighted by Crippen LogP contribution is 2.29. The minimum atomic E-state index is -0.216. The molecule has 154 valence electrons. The lowest BCUT2D eigenvalue weighted by molar-refractivity contribution is -0.113. The van der Waals surface area contributed by atoms with E-state index in [9.17, 15) is 9.59 Å². The predicted octanol–water partition coefficient (Wildman–Crippen LogP) is 4.21. The van der Waals surface area contributed by atoms with Crippen molar-refractivity contribution >= 4 is 55.7 Å². The zero-order chi connectivity index (χ0) is 21.3. The molecular formula is C20H19N5O2S3. The molecular weight excluding hydrogens is 438 g/mol. The van der Waals surface area contributed by atoms with Crippen molar-refractivity contribution in [2.24, 2.45) is 0 Å². The van der Waals surface area contributed by atoms with Gasteiger partial charge in [0.05, 0.1) is 16.8 Å². The number of amides is 1. The molecule has 0 saturated heterocycles. The van der Waals surface area contributed by atoms with Crippen LogP contribution in [0, 0.1) is 13.8 Å². The summed E-state index contributed by atoms with van der Waals surface area (Å²) >= 11 is 4.09. The van der Waals surface area contributed by atoms with E-state index >= 15 is 0 Å². The van der Waals surface area contributed by atoms with Gasteiger partial charge in [-0.15, -0.1) is 21.5 Å². The molecule has 1 amide bonds.